The summed E-state index contributed by atoms with van der Waals surface area (Å²) in [5.41, 5.74) is 1.47. The Kier molecular flexibility index (Phi) is 9.95. The highest BCUT2D eigenvalue weighted by atomic mass is 16.6. The van der Waals surface area contributed by atoms with Gasteiger partial charge in [0.1, 0.15) is 11.6 Å². The molecule has 2 aromatic carbocycles. The highest BCUT2D eigenvalue weighted by Crippen LogP contribution is 2.30. The van der Waals surface area contributed by atoms with Crippen molar-refractivity contribution in [2.45, 2.75) is 58.2 Å². The van der Waals surface area contributed by atoms with E-state index in [4.69, 9.17) is 9.47 Å². The Bertz CT molecular complexity index is 1290. The van der Waals surface area contributed by atoms with E-state index in [9.17, 15) is 14.4 Å². The van der Waals surface area contributed by atoms with Crippen LogP contribution in [0.5, 0.6) is 0 Å². The summed E-state index contributed by atoms with van der Waals surface area (Å²) in [5, 5.41) is 8.98. The normalized spacial score (nSPS) is 14.9. The number of piperazine rings is 1. The Hall–Kier alpha value is -4.25. The molecule has 0 N–H and O–H groups in total. The molecule has 1 atom stereocenters. The third-order valence-corrected chi connectivity index (χ3v) is 7.04. The van der Waals surface area contributed by atoms with Crippen LogP contribution in [0.3, 0.4) is 0 Å². The molecule has 11 nitrogen and oxygen atoms in total. The molecule has 11 heteroatoms. The van der Waals surface area contributed by atoms with Gasteiger partial charge in [0.2, 0.25) is 5.91 Å². The molecule has 1 saturated heterocycles. The molecule has 2 heterocycles. The zero-order chi connectivity index (χ0) is 30.3. The fraction of sp³-hybridized carbons (Fsp3) is 0.452. The summed E-state index contributed by atoms with van der Waals surface area (Å²) >= 11 is 0. The van der Waals surface area contributed by atoms with Gasteiger partial charge in [-0.15, -0.1) is 5.10 Å². The smallest absolute Gasteiger partial charge is 0.431 e. The van der Waals surface area contributed by atoms with Crippen molar-refractivity contribution < 1.29 is 23.9 Å². The first kappa shape index (κ1) is 30.7. The molecule has 1 aromatic heterocycles. The summed E-state index contributed by atoms with van der Waals surface area (Å²) in [5.74, 6) is -0.917. The summed E-state index contributed by atoms with van der Waals surface area (Å²) in [6.07, 6.45) is 1.50. The van der Waals surface area contributed by atoms with Crippen molar-refractivity contribution in [3.8, 4) is 0 Å². The van der Waals surface area contributed by atoms with Crippen molar-refractivity contribution in [2.75, 3.05) is 38.3 Å². The number of carbonyl (C=O) groups excluding carboxylic acids is 3. The number of benzene rings is 2. The third kappa shape index (κ3) is 7.33. The lowest BCUT2D eigenvalue weighted by molar-refractivity contribution is -0.135. The number of amides is 2. The average molecular weight is 577 g/mol. The highest BCUT2D eigenvalue weighted by molar-refractivity contribution is 5.92. The van der Waals surface area contributed by atoms with Crippen LogP contribution in [0.2, 0.25) is 0 Å². The van der Waals surface area contributed by atoms with Crippen molar-refractivity contribution in [1.29, 1.82) is 0 Å². The van der Waals surface area contributed by atoms with Gasteiger partial charge >= 0.3 is 12.1 Å². The van der Waals surface area contributed by atoms with Crippen molar-refractivity contribution in [2.24, 2.45) is 0 Å². The van der Waals surface area contributed by atoms with Crippen molar-refractivity contribution in [1.82, 2.24) is 24.9 Å². The molecule has 1 fully saturated rings. The maximum absolute atomic E-state index is 14.1. The first-order valence-corrected chi connectivity index (χ1v) is 14.3. The number of esters is 1. The van der Waals surface area contributed by atoms with Crippen LogP contribution in [0.15, 0.2) is 66.9 Å². The van der Waals surface area contributed by atoms with Crippen LogP contribution in [0.25, 0.3) is 0 Å². The lowest BCUT2D eigenvalue weighted by Gasteiger charge is -2.41. The number of methoxy groups -OCH3 is 1. The van der Waals surface area contributed by atoms with E-state index in [2.05, 4.69) is 39.5 Å². The lowest BCUT2D eigenvalue weighted by atomic mass is 9.96. The molecular formula is C31H40N6O5. The molecule has 42 heavy (non-hydrogen) atoms. The van der Waals surface area contributed by atoms with E-state index in [0.717, 1.165) is 9.80 Å². The predicted molar refractivity (Wildman–Crippen MR) is 157 cm³/mol. The maximum Gasteiger partial charge on any atom is 0.431 e. The van der Waals surface area contributed by atoms with Gasteiger partial charge in [0.15, 0.2) is 5.69 Å². The molecule has 0 spiro atoms. The monoisotopic (exact) mass is 576 g/mol. The first-order chi connectivity index (χ1) is 20.1. The standard InChI is InChI=1S/C31H40N6O5/c1-6-13-26(37(30(40)42-31(2,3)4)36-22-25(32-33-36)29(39)41-5)28(38)35-20-18-34(19-21-35)27(23-14-9-7-10-15-23)24-16-11-8-12-17-24/h7-12,14-17,22,26-27H,6,13,18-21H2,1-5H3/t26-/m0/s1. The fourth-order valence-electron chi connectivity index (χ4n) is 5.14. The molecule has 224 valence electrons. The molecule has 2 amide bonds. The van der Waals surface area contributed by atoms with Crippen LogP contribution in [0.4, 0.5) is 4.79 Å². The first-order valence-electron chi connectivity index (χ1n) is 14.3. The number of aromatic nitrogens is 3. The zero-order valence-corrected chi connectivity index (χ0v) is 25.0. The van der Waals surface area contributed by atoms with Gasteiger partial charge in [-0.25, -0.2) is 9.59 Å². The molecule has 0 radical (unpaired) electrons. The zero-order valence-electron chi connectivity index (χ0n) is 25.0. The molecule has 3 aromatic rings. The van der Waals surface area contributed by atoms with Crippen LogP contribution in [-0.2, 0) is 14.3 Å². The minimum atomic E-state index is -0.914. The van der Waals surface area contributed by atoms with E-state index in [1.165, 1.54) is 24.4 Å². The quantitative estimate of drug-likeness (QED) is 0.351. The van der Waals surface area contributed by atoms with Crippen molar-refractivity contribution in [3.05, 3.63) is 83.7 Å². The summed E-state index contributed by atoms with van der Waals surface area (Å²) in [7, 11) is 1.23. The van der Waals surface area contributed by atoms with E-state index in [1.54, 1.807) is 25.7 Å². The Morgan fingerprint density at radius 1 is 0.929 bits per heavy atom. The van der Waals surface area contributed by atoms with Gasteiger partial charge in [0.05, 0.1) is 19.3 Å². The fourth-order valence-corrected chi connectivity index (χ4v) is 5.14. The topological polar surface area (TPSA) is 110 Å². The van der Waals surface area contributed by atoms with E-state index >= 15 is 0 Å². The summed E-state index contributed by atoms with van der Waals surface area (Å²) in [6.45, 7) is 9.46. The minimum Gasteiger partial charge on any atom is -0.464 e. The second kappa shape index (κ2) is 13.6. The van der Waals surface area contributed by atoms with Crippen LogP contribution in [0.1, 0.15) is 68.2 Å². The number of nitrogens with zero attached hydrogens (tertiary/aromatic N) is 6. The third-order valence-electron chi connectivity index (χ3n) is 7.04. The van der Waals surface area contributed by atoms with Crippen LogP contribution in [-0.4, -0.2) is 87.8 Å². The SMILES string of the molecule is CCC[C@@H](C(=O)N1CCN(C(c2ccccc2)c2ccccc2)CC1)N(C(=O)OC(C)(C)C)n1cc(C(=O)OC)nn1. The van der Waals surface area contributed by atoms with E-state index in [-0.39, 0.29) is 17.6 Å². The molecule has 0 saturated carbocycles. The number of ether oxygens (including phenoxy) is 2. The van der Waals surface area contributed by atoms with Crippen LogP contribution >= 0.6 is 0 Å². The molecule has 4 rings (SSSR count). The Morgan fingerprint density at radius 3 is 2.00 bits per heavy atom. The van der Waals surface area contributed by atoms with Gasteiger partial charge in [-0.2, -0.15) is 9.80 Å². The van der Waals surface area contributed by atoms with Gasteiger partial charge in [0.25, 0.3) is 0 Å². The summed E-state index contributed by atoms with van der Waals surface area (Å²) in [4.78, 5) is 44.9. The number of hydrogen-bond donors (Lipinski definition) is 0. The van der Waals surface area contributed by atoms with Crippen LogP contribution in [0, 0.1) is 0 Å². The Morgan fingerprint density at radius 2 is 1.50 bits per heavy atom. The predicted octanol–water partition coefficient (Wildman–Crippen LogP) is 4.04. The molecule has 1 aliphatic heterocycles. The summed E-state index contributed by atoms with van der Waals surface area (Å²) in [6, 6.07) is 19.9. The average Bonchev–Trinajstić information content (AvgIpc) is 3.47. The molecular weight excluding hydrogens is 536 g/mol. The largest absolute Gasteiger partial charge is 0.464 e. The second-order valence-electron chi connectivity index (χ2n) is 11.2. The minimum absolute atomic E-state index is 0.0567. The van der Waals surface area contributed by atoms with Gasteiger partial charge in [0, 0.05) is 26.2 Å². The number of carbonyl (C=O) groups is 3. The highest BCUT2D eigenvalue weighted by Gasteiger charge is 2.39. The summed E-state index contributed by atoms with van der Waals surface area (Å²) < 4.78 is 10.4. The molecule has 0 bridgehead atoms. The van der Waals surface area contributed by atoms with Gasteiger partial charge in [-0.05, 0) is 43.5 Å². The Labute approximate surface area is 247 Å². The second-order valence-corrected chi connectivity index (χ2v) is 11.2. The number of hydrogen-bond acceptors (Lipinski definition) is 8. The van der Waals surface area contributed by atoms with E-state index < -0.39 is 23.7 Å². The van der Waals surface area contributed by atoms with Gasteiger partial charge in [-0.1, -0.05) is 74.0 Å². The van der Waals surface area contributed by atoms with Crippen molar-refractivity contribution in [3.63, 3.8) is 0 Å². The number of rotatable bonds is 9. The van der Waals surface area contributed by atoms with Crippen LogP contribution < -0.4 is 5.01 Å². The molecule has 1 aliphatic rings. The molecule has 0 unspecified atom stereocenters. The van der Waals surface area contributed by atoms with Gasteiger partial charge in [-0.3, -0.25) is 9.69 Å². The van der Waals surface area contributed by atoms with E-state index in [1.807, 2.05) is 43.3 Å². The van der Waals surface area contributed by atoms with E-state index in [0.29, 0.717) is 39.0 Å². The lowest BCUT2D eigenvalue weighted by Crippen LogP contribution is -2.60. The van der Waals surface area contributed by atoms with Crippen molar-refractivity contribution >= 4 is 18.0 Å². The molecule has 0 aliphatic carbocycles. The van der Waals surface area contributed by atoms with Gasteiger partial charge < -0.3 is 14.4 Å². The Balaban J connectivity index is 1.58. The maximum atomic E-state index is 14.1.